The monoisotopic (exact) mass is 528 g/mol. The first kappa shape index (κ1) is 27.0. The molecule has 7 atom stereocenters. The van der Waals surface area contributed by atoms with Gasteiger partial charge in [0.15, 0.2) is 0 Å². The summed E-state index contributed by atoms with van der Waals surface area (Å²) in [7, 11) is 0. The molecule has 2 aliphatic carbocycles. The van der Waals surface area contributed by atoms with Gasteiger partial charge in [-0.3, -0.25) is 19.2 Å². The maximum atomic E-state index is 14.2. The van der Waals surface area contributed by atoms with Gasteiger partial charge in [0.25, 0.3) is 0 Å². The average molecular weight is 529 g/mol. The van der Waals surface area contributed by atoms with Gasteiger partial charge in [0.2, 0.25) is 17.5 Å². The summed E-state index contributed by atoms with van der Waals surface area (Å²) < 4.78 is 0. The molecule has 1 saturated heterocycles. The van der Waals surface area contributed by atoms with Crippen molar-refractivity contribution >= 4 is 34.2 Å². The molecule has 2 heterocycles. The van der Waals surface area contributed by atoms with Crippen LogP contribution in [0.2, 0.25) is 0 Å². The second-order valence-electron chi connectivity index (χ2n) is 11.5. The van der Waals surface area contributed by atoms with Gasteiger partial charge in [-0.05, 0) is 54.4 Å². The summed E-state index contributed by atoms with van der Waals surface area (Å²) in [4.78, 5) is 57.0. The van der Waals surface area contributed by atoms with Gasteiger partial charge in [0.05, 0.1) is 6.10 Å². The van der Waals surface area contributed by atoms with Crippen molar-refractivity contribution in [3.05, 3.63) is 72.0 Å². The second-order valence-corrected chi connectivity index (χ2v) is 11.5. The molecule has 2 fully saturated rings. The number of hydrogen-bond donors (Lipinski definition) is 3. The molecule has 0 bridgehead atoms. The molecular weight excluding hydrogens is 492 g/mol. The van der Waals surface area contributed by atoms with E-state index in [0.717, 1.165) is 16.5 Å². The van der Waals surface area contributed by atoms with Crippen LogP contribution in [-0.4, -0.2) is 45.5 Å². The molecule has 1 spiro atoms. The maximum Gasteiger partial charge on any atom is 0.235 e. The second kappa shape index (κ2) is 10.2. The van der Waals surface area contributed by atoms with Crippen LogP contribution in [0, 0.1) is 29.1 Å². The van der Waals surface area contributed by atoms with E-state index >= 15 is 0 Å². The van der Waals surface area contributed by atoms with Crippen LogP contribution in [0.4, 0.5) is 0 Å². The number of nitrogens with one attached hydrogen (secondary N) is 2. The van der Waals surface area contributed by atoms with E-state index in [4.69, 9.17) is 0 Å². The standard InChI is InChI=1S/C32H36N2O5/c1-17-8-7-10-23-30(38)20(4)19(3)28-25(15-21-16-33-24-11-6-5-9-22(21)24)34-31(39)32(23,28)27(36)13-12-26(35)29(37)18(2)14-17/h5-7,9-11,14,16-17,19,23,25,28,30,33,38H,4,8,12-13,15H2,1-3H3,(H,34,39)/b10-7-,18-14-/t17-,19+,23?,25-,28-,30+,32-/m0/s1. The number of fused-ring (bicyclic) bond motifs is 1. The molecule has 1 amide bonds. The molecular formula is C32H36N2O5. The van der Waals surface area contributed by atoms with E-state index in [9.17, 15) is 24.3 Å². The van der Waals surface area contributed by atoms with Crippen molar-refractivity contribution in [2.24, 2.45) is 29.1 Å². The molecule has 3 aliphatic rings. The van der Waals surface area contributed by atoms with Gasteiger partial charge in [-0.15, -0.1) is 0 Å². The minimum Gasteiger partial charge on any atom is -0.388 e. The van der Waals surface area contributed by atoms with Gasteiger partial charge in [-0.25, -0.2) is 0 Å². The molecule has 5 rings (SSSR count). The van der Waals surface area contributed by atoms with Gasteiger partial charge < -0.3 is 15.4 Å². The fourth-order valence-corrected chi connectivity index (χ4v) is 7.19. The predicted octanol–water partition coefficient (Wildman–Crippen LogP) is 4.02. The lowest BCUT2D eigenvalue weighted by Gasteiger charge is -2.49. The number of carbonyl (C=O) groups is 4. The predicted molar refractivity (Wildman–Crippen MR) is 149 cm³/mol. The lowest BCUT2D eigenvalue weighted by molar-refractivity contribution is -0.152. The molecule has 7 nitrogen and oxygen atoms in total. The van der Waals surface area contributed by atoms with Crippen LogP contribution >= 0.6 is 0 Å². The normalized spacial score (nSPS) is 36.2. The third-order valence-electron chi connectivity index (χ3n) is 9.17. The number of allylic oxidation sites excluding steroid dienone is 3. The van der Waals surface area contributed by atoms with Crippen molar-refractivity contribution in [3.8, 4) is 0 Å². The van der Waals surface area contributed by atoms with E-state index in [-0.39, 0.29) is 30.7 Å². The van der Waals surface area contributed by atoms with Crippen molar-refractivity contribution in [2.75, 3.05) is 0 Å². The van der Waals surface area contributed by atoms with Crippen LogP contribution in [0.1, 0.15) is 45.6 Å². The first-order valence-electron chi connectivity index (χ1n) is 13.8. The summed E-state index contributed by atoms with van der Waals surface area (Å²) in [5.74, 6) is -3.75. The maximum absolute atomic E-state index is 14.2. The summed E-state index contributed by atoms with van der Waals surface area (Å²) in [6.07, 6.45) is 6.79. The number of ketones is 3. The highest BCUT2D eigenvalue weighted by Gasteiger charge is 2.68. The average Bonchev–Trinajstić information content (AvgIpc) is 3.45. The number of aromatic nitrogens is 1. The molecule has 204 valence electrons. The Morgan fingerprint density at radius 1 is 1.10 bits per heavy atom. The van der Waals surface area contributed by atoms with Crippen LogP contribution in [-0.2, 0) is 25.6 Å². The van der Waals surface area contributed by atoms with Crippen molar-refractivity contribution in [3.63, 3.8) is 0 Å². The van der Waals surface area contributed by atoms with E-state index < -0.39 is 46.6 Å². The van der Waals surface area contributed by atoms with Gasteiger partial charge in [-0.1, -0.05) is 56.9 Å². The lowest BCUT2D eigenvalue weighted by atomic mass is 9.51. The van der Waals surface area contributed by atoms with E-state index in [1.807, 2.05) is 50.4 Å². The number of H-pyrrole nitrogens is 1. The smallest absolute Gasteiger partial charge is 0.235 e. The van der Waals surface area contributed by atoms with E-state index in [1.54, 1.807) is 19.1 Å². The van der Waals surface area contributed by atoms with Crippen molar-refractivity contribution in [2.45, 2.75) is 58.6 Å². The molecule has 1 aromatic heterocycles. The van der Waals surface area contributed by atoms with Crippen LogP contribution in [0.5, 0.6) is 0 Å². The van der Waals surface area contributed by atoms with Crippen molar-refractivity contribution < 1.29 is 24.3 Å². The van der Waals surface area contributed by atoms with Gasteiger partial charge in [0.1, 0.15) is 11.2 Å². The fourth-order valence-electron chi connectivity index (χ4n) is 7.19. The van der Waals surface area contributed by atoms with Gasteiger partial charge >= 0.3 is 0 Å². The van der Waals surface area contributed by atoms with Crippen LogP contribution in [0.25, 0.3) is 10.9 Å². The number of amides is 1. The summed E-state index contributed by atoms with van der Waals surface area (Å²) in [5.41, 5.74) is 1.40. The highest BCUT2D eigenvalue weighted by Crippen LogP contribution is 2.57. The zero-order valence-electron chi connectivity index (χ0n) is 22.7. The Balaban J connectivity index is 1.60. The number of carbonyl (C=O) groups excluding carboxylic acids is 4. The number of Topliss-reactive ketones (excluding diaryl/α,β-unsaturated/α-hetero) is 3. The number of para-hydroxylation sites is 1. The van der Waals surface area contributed by atoms with Crippen LogP contribution in [0.15, 0.2) is 66.4 Å². The number of aromatic amines is 1. The van der Waals surface area contributed by atoms with Gasteiger partial charge in [-0.2, -0.15) is 0 Å². The zero-order chi connectivity index (χ0) is 28.1. The summed E-state index contributed by atoms with van der Waals surface area (Å²) in [5, 5.41) is 15.6. The van der Waals surface area contributed by atoms with E-state index in [2.05, 4.69) is 16.9 Å². The molecule has 1 aromatic carbocycles. The molecule has 0 radical (unpaired) electrons. The topological polar surface area (TPSA) is 116 Å². The molecule has 2 aromatic rings. The fraction of sp³-hybridized carbons (Fsp3) is 0.438. The highest BCUT2D eigenvalue weighted by atomic mass is 16.3. The minimum absolute atomic E-state index is 0.0453. The Labute approximate surface area is 228 Å². The summed E-state index contributed by atoms with van der Waals surface area (Å²) in [6, 6.07) is 7.55. The Bertz CT molecular complexity index is 1430. The Morgan fingerprint density at radius 3 is 2.62 bits per heavy atom. The zero-order valence-corrected chi connectivity index (χ0v) is 22.7. The Kier molecular flexibility index (Phi) is 7.06. The molecule has 39 heavy (non-hydrogen) atoms. The Hall–Kier alpha value is -3.58. The minimum atomic E-state index is -1.57. The largest absolute Gasteiger partial charge is 0.388 e. The van der Waals surface area contributed by atoms with Crippen molar-refractivity contribution in [1.29, 1.82) is 0 Å². The molecule has 3 N–H and O–H groups in total. The summed E-state index contributed by atoms with van der Waals surface area (Å²) in [6.45, 7) is 9.67. The third-order valence-corrected chi connectivity index (χ3v) is 9.17. The quantitative estimate of drug-likeness (QED) is 0.309. The molecule has 1 aliphatic heterocycles. The Morgan fingerprint density at radius 2 is 1.85 bits per heavy atom. The SMILES string of the molecule is C=C1[C@@H](O)C2/C=C\C[C@H](C)/C=C(/C)C(=O)C(=O)CCC(=O)[C@@]23C(=O)N[C@@H](Cc2c[nH]c4ccccc24)[C@@H]3[C@@H]1C. The van der Waals surface area contributed by atoms with Crippen LogP contribution < -0.4 is 5.32 Å². The number of aliphatic hydroxyl groups is 1. The van der Waals surface area contributed by atoms with Gasteiger partial charge in [0, 0.05) is 47.8 Å². The number of benzene rings is 1. The number of hydrogen-bond acceptors (Lipinski definition) is 5. The first-order chi connectivity index (χ1) is 18.6. The molecule has 7 heteroatoms. The number of rotatable bonds is 2. The summed E-state index contributed by atoms with van der Waals surface area (Å²) >= 11 is 0. The van der Waals surface area contributed by atoms with Crippen LogP contribution in [0.3, 0.4) is 0 Å². The van der Waals surface area contributed by atoms with E-state index in [0.29, 0.717) is 24.0 Å². The van der Waals surface area contributed by atoms with E-state index in [1.165, 1.54) is 0 Å². The molecule has 1 saturated carbocycles. The van der Waals surface area contributed by atoms with Crippen molar-refractivity contribution in [1.82, 2.24) is 10.3 Å². The first-order valence-corrected chi connectivity index (χ1v) is 13.8. The number of aliphatic hydroxyl groups excluding tert-OH is 1. The lowest BCUT2D eigenvalue weighted by Crippen LogP contribution is -2.58. The molecule has 1 unspecified atom stereocenters. The third kappa shape index (κ3) is 4.33. The highest BCUT2D eigenvalue weighted by molar-refractivity contribution is 6.43.